The fraction of sp³-hybridized carbons (Fsp3) is 0.625. The van der Waals surface area contributed by atoms with Gasteiger partial charge in [0.15, 0.2) is 0 Å². The summed E-state index contributed by atoms with van der Waals surface area (Å²) < 4.78 is 0. The van der Waals surface area contributed by atoms with E-state index in [0.29, 0.717) is 0 Å². The molecular weight excluding hydrogens is 220 g/mol. The quantitative estimate of drug-likeness (QED) is 0.817. The molecule has 1 aromatic rings. The largest absolute Gasteiger partial charge is 0.378 e. The first-order valence-corrected chi connectivity index (χ1v) is 7.25. The molecule has 0 bridgehead atoms. The highest BCUT2D eigenvalue weighted by atomic mass is 15.1. The van der Waals surface area contributed by atoms with Crippen LogP contribution in [0.1, 0.15) is 44.1 Å². The van der Waals surface area contributed by atoms with Crippen molar-refractivity contribution in [2.24, 2.45) is 0 Å². The molecule has 2 rings (SSSR count). The van der Waals surface area contributed by atoms with E-state index in [1.807, 2.05) is 0 Å². The first-order valence-electron chi connectivity index (χ1n) is 7.25. The zero-order valence-electron chi connectivity index (χ0n) is 11.8. The molecule has 1 fully saturated rings. The van der Waals surface area contributed by atoms with Crippen molar-refractivity contribution in [1.29, 1.82) is 0 Å². The van der Waals surface area contributed by atoms with E-state index in [2.05, 4.69) is 48.6 Å². The third-order valence-electron chi connectivity index (χ3n) is 3.88. The van der Waals surface area contributed by atoms with Gasteiger partial charge in [-0.1, -0.05) is 37.8 Å². The molecular formula is C16H26N2. The van der Waals surface area contributed by atoms with Crippen LogP contribution in [0.25, 0.3) is 0 Å². The van der Waals surface area contributed by atoms with Crippen molar-refractivity contribution < 1.29 is 0 Å². The lowest BCUT2D eigenvalue weighted by atomic mass is 10.1. The van der Waals surface area contributed by atoms with E-state index < -0.39 is 0 Å². The molecule has 1 aliphatic rings. The number of hydrogen-bond donors (Lipinski definition) is 1. The van der Waals surface area contributed by atoms with Gasteiger partial charge in [0.1, 0.15) is 0 Å². The summed E-state index contributed by atoms with van der Waals surface area (Å²) in [6.07, 6.45) is 8.36. The Kier molecular flexibility index (Phi) is 5.06. The molecule has 0 spiro atoms. The van der Waals surface area contributed by atoms with E-state index in [0.717, 1.165) is 12.6 Å². The average Bonchev–Trinajstić information content (AvgIpc) is 2.65. The van der Waals surface area contributed by atoms with Crippen molar-refractivity contribution in [3.05, 3.63) is 29.8 Å². The number of rotatable bonds is 4. The highest BCUT2D eigenvalue weighted by Crippen LogP contribution is 2.18. The Bertz CT molecular complexity index is 352. The number of benzene rings is 1. The van der Waals surface area contributed by atoms with Gasteiger partial charge in [0, 0.05) is 32.4 Å². The fourth-order valence-electron chi connectivity index (χ4n) is 2.69. The molecule has 0 radical (unpaired) electrons. The van der Waals surface area contributed by atoms with Gasteiger partial charge in [-0.05, 0) is 30.5 Å². The number of nitrogens with one attached hydrogen (secondary N) is 1. The van der Waals surface area contributed by atoms with Gasteiger partial charge in [0.25, 0.3) is 0 Å². The first kappa shape index (κ1) is 13.4. The zero-order chi connectivity index (χ0) is 12.8. The van der Waals surface area contributed by atoms with Crippen LogP contribution in [0.4, 0.5) is 5.69 Å². The third-order valence-corrected chi connectivity index (χ3v) is 3.88. The molecule has 0 aromatic heterocycles. The van der Waals surface area contributed by atoms with Gasteiger partial charge < -0.3 is 10.2 Å². The molecule has 1 aliphatic carbocycles. The van der Waals surface area contributed by atoms with Gasteiger partial charge in [-0.3, -0.25) is 0 Å². The molecule has 18 heavy (non-hydrogen) atoms. The third kappa shape index (κ3) is 4.02. The van der Waals surface area contributed by atoms with Crippen molar-refractivity contribution in [2.45, 2.75) is 51.1 Å². The van der Waals surface area contributed by atoms with Gasteiger partial charge in [-0.15, -0.1) is 0 Å². The minimum Gasteiger partial charge on any atom is -0.378 e. The maximum absolute atomic E-state index is 3.73. The van der Waals surface area contributed by atoms with Crippen LogP contribution in [-0.4, -0.2) is 20.1 Å². The second-order valence-corrected chi connectivity index (χ2v) is 5.63. The fourth-order valence-corrected chi connectivity index (χ4v) is 2.69. The van der Waals surface area contributed by atoms with Gasteiger partial charge in [0.05, 0.1) is 0 Å². The monoisotopic (exact) mass is 246 g/mol. The number of nitrogens with zero attached hydrogens (tertiary/aromatic N) is 1. The second-order valence-electron chi connectivity index (χ2n) is 5.63. The lowest BCUT2D eigenvalue weighted by Crippen LogP contribution is -2.27. The Morgan fingerprint density at radius 1 is 1.11 bits per heavy atom. The van der Waals surface area contributed by atoms with E-state index in [-0.39, 0.29) is 0 Å². The van der Waals surface area contributed by atoms with E-state index in [9.17, 15) is 0 Å². The summed E-state index contributed by atoms with van der Waals surface area (Å²) in [4.78, 5) is 2.16. The Hall–Kier alpha value is -1.02. The zero-order valence-corrected chi connectivity index (χ0v) is 11.8. The summed E-state index contributed by atoms with van der Waals surface area (Å²) in [5.74, 6) is 0. The minimum absolute atomic E-state index is 0.732. The lowest BCUT2D eigenvalue weighted by Gasteiger charge is -2.18. The van der Waals surface area contributed by atoms with Gasteiger partial charge in [-0.25, -0.2) is 0 Å². The van der Waals surface area contributed by atoms with Crippen LogP contribution in [-0.2, 0) is 6.54 Å². The highest BCUT2D eigenvalue weighted by Gasteiger charge is 2.11. The molecule has 0 heterocycles. The lowest BCUT2D eigenvalue weighted by molar-refractivity contribution is 0.459. The smallest absolute Gasteiger partial charge is 0.0364 e. The number of hydrogen-bond acceptors (Lipinski definition) is 2. The number of anilines is 1. The molecule has 1 saturated carbocycles. The Balaban J connectivity index is 1.87. The minimum atomic E-state index is 0.732. The first-order chi connectivity index (χ1) is 8.75. The molecule has 1 N–H and O–H groups in total. The van der Waals surface area contributed by atoms with Crippen molar-refractivity contribution in [3.63, 3.8) is 0 Å². The molecule has 2 nitrogen and oxygen atoms in total. The van der Waals surface area contributed by atoms with Crippen molar-refractivity contribution in [3.8, 4) is 0 Å². The summed E-state index contributed by atoms with van der Waals surface area (Å²) in [7, 11) is 4.19. The highest BCUT2D eigenvalue weighted by molar-refractivity contribution is 5.47. The molecule has 0 atom stereocenters. The van der Waals surface area contributed by atoms with E-state index >= 15 is 0 Å². The predicted octanol–water partition coefficient (Wildman–Crippen LogP) is 3.57. The van der Waals surface area contributed by atoms with Crippen molar-refractivity contribution >= 4 is 5.69 Å². The molecule has 0 aliphatic heterocycles. The van der Waals surface area contributed by atoms with Crippen LogP contribution in [0.5, 0.6) is 0 Å². The standard InChI is InChI=1S/C16H26N2/c1-18(2)16-11-7-8-14(12-16)13-17-15-9-5-3-4-6-10-15/h7-8,11-12,15,17H,3-6,9-10,13H2,1-2H3. The van der Waals surface area contributed by atoms with Crippen LogP contribution in [0.15, 0.2) is 24.3 Å². The summed E-state index contributed by atoms with van der Waals surface area (Å²) in [5.41, 5.74) is 2.68. The predicted molar refractivity (Wildman–Crippen MR) is 79.1 cm³/mol. The average molecular weight is 246 g/mol. The Morgan fingerprint density at radius 3 is 2.50 bits per heavy atom. The summed E-state index contributed by atoms with van der Waals surface area (Å²) in [5, 5.41) is 3.73. The Morgan fingerprint density at radius 2 is 1.83 bits per heavy atom. The molecule has 0 amide bonds. The van der Waals surface area contributed by atoms with Gasteiger partial charge >= 0.3 is 0 Å². The maximum Gasteiger partial charge on any atom is 0.0364 e. The topological polar surface area (TPSA) is 15.3 Å². The van der Waals surface area contributed by atoms with Gasteiger partial charge in [-0.2, -0.15) is 0 Å². The summed E-state index contributed by atoms with van der Waals surface area (Å²) >= 11 is 0. The summed E-state index contributed by atoms with van der Waals surface area (Å²) in [6, 6.07) is 9.55. The van der Waals surface area contributed by atoms with E-state index in [1.54, 1.807) is 0 Å². The molecule has 0 unspecified atom stereocenters. The molecule has 100 valence electrons. The van der Waals surface area contributed by atoms with Crippen LogP contribution >= 0.6 is 0 Å². The van der Waals surface area contributed by atoms with Crippen molar-refractivity contribution in [2.75, 3.05) is 19.0 Å². The van der Waals surface area contributed by atoms with E-state index in [1.165, 1.54) is 49.8 Å². The SMILES string of the molecule is CN(C)c1cccc(CNC2CCCCCC2)c1. The van der Waals surface area contributed by atoms with Crippen molar-refractivity contribution in [1.82, 2.24) is 5.32 Å². The van der Waals surface area contributed by atoms with Crippen LogP contribution in [0, 0.1) is 0 Å². The maximum atomic E-state index is 3.73. The Labute approximate surface area is 111 Å². The van der Waals surface area contributed by atoms with Crippen LogP contribution in [0.3, 0.4) is 0 Å². The molecule has 0 saturated heterocycles. The summed E-state index contributed by atoms with van der Waals surface area (Å²) in [6.45, 7) is 1.01. The van der Waals surface area contributed by atoms with E-state index in [4.69, 9.17) is 0 Å². The molecule has 1 aromatic carbocycles. The van der Waals surface area contributed by atoms with Crippen LogP contribution in [0.2, 0.25) is 0 Å². The van der Waals surface area contributed by atoms with Gasteiger partial charge in [0.2, 0.25) is 0 Å². The molecule has 2 heteroatoms. The van der Waals surface area contributed by atoms with Crippen LogP contribution < -0.4 is 10.2 Å². The normalized spacial score (nSPS) is 17.4. The second kappa shape index (κ2) is 6.79.